The Morgan fingerprint density at radius 1 is 1.14 bits per heavy atom. The van der Waals surface area contributed by atoms with Crippen LogP contribution in [0, 0.1) is 5.82 Å². The SMILES string of the molecule is COc1ccc(-c2nnc(SC(C)C(=O)NC(C)c3ccc(F)cc3)n2N)cc1. The zero-order valence-corrected chi connectivity index (χ0v) is 17.1. The molecule has 0 bridgehead atoms. The third kappa shape index (κ3) is 4.86. The molecule has 0 saturated heterocycles. The first-order chi connectivity index (χ1) is 13.9. The van der Waals surface area contributed by atoms with E-state index < -0.39 is 5.25 Å². The molecular formula is C20H22FN5O2S. The van der Waals surface area contributed by atoms with Gasteiger partial charge in [-0.3, -0.25) is 4.79 Å². The van der Waals surface area contributed by atoms with Gasteiger partial charge in [-0.2, -0.15) is 0 Å². The maximum absolute atomic E-state index is 13.1. The average molecular weight is 415 g/mol. The fourth-order valence-corrected chi connectivity index (χ4v) is 3.45. The molecule has 3 N–H and O–H groups in total. The highest BCUT2D eigenvalue weighted by Gasteiger charge is 2.21. The summed E-state index contributed by atoms with van der Waals surface area (Å²) in [7, 11) is 1.60. The smallest absolute Gasteiger partial charge is 0.233 e. The number of carbonyl (C=O) groups excluding carboxylic acids is 1. The zero-order valence-electron chi connectivity index (χ0n) is 16.3. The number of nitrogens with zero attached hydrogens (tertiary/aromatic N) is 3. The van der Waals surface area contributed by atoms with Gasteiger partial charge in [-0.25, -0.2) is 9.07 Å². The topological polar surface area (TPSA) is 95.1 Å². The molecule has 7 nitrogen and oxygen atoms in total. The zero-order chi connectivity index (χ0) is 21.0. The van der Waals surface area contributed by atoms with Crippen LogP contribution in [0.2, 0.25) is 0 Å². The van der Waals surface area contributed by atoms with Gasteiger partial charge >= 0.3 is 0 Å². The summed E-state index contributed by atoms with van der Waals surface area (Å²) in [5.41, 5.74) is 1.61. The predicted molar refractivity (Wildman–Crippen MR) is 110 cm³/mol. The van der Waals surface area contributed by atoms with Crippen LogP contribution in [0.4, 0.5) is 4.39 Å². The second-order valence-electron chi connectivity index (χ2n) is 6.45. The van der Waals surface area contributed by atoms with E-state index in [1.54, 1.807) is 26.2 Å². The van der Waals surface area contributed by atoms with Gasteiger partial charge in [-0.1, -0.05) is 23.9 Å². The second-order valence-corrected chi connectivity index (χ2v) is 7.75. The molecular weight excluding hydrogens is 393 g/mol. The molecule has 0 aliphatic heterocycles. The Balaban J connectivity index is 1.65. The van der Waals surface area contributed by atoms with Gasteiger partial charge in [-0.05, 0) is 55.8 Å². The summed E-state index contributed by atoms with van der Waals surface area (Å²) in [5.74, 6) is 6.86. The lowest BCUT2D eigenvalue weighted by atomic mass is 10.1. The van der Waals surface area contributed by atoms with Crippen LogP contribution in [0.15, 0.2) is 53.7 Å². The molecule has 0 fully saturated rings. The van der Waals surface area contributed by atoms with Crippen molar-refractivity contribution >= 4 is 17.7 Å². The number of nitrogen functional groups attached to an aromatic ring is 1. The number of ether oxygens (including phenoxy) is 1. The first-order valence-electron chi connectivity index (χ1n) is 8.96. The molecule has 2 unspecified atom stereocenters. The van der Waals surface area contributed by atoms with Gasteiger partial charge in [0.05, 0.1) is 18.4 Å². The molecule has 0 saturated carbocycles. The van der Waals surface area contributed by atoms with E-state index in [9.17, 15) is 9.18 Å². The van der Waals surface area contributed by atoms with Gasteiger partial charge in [0.2, 0.25) is 11.1 Å². The van der Waals surface area contributed by atoms with Crippen LogP contribution in [-0.4, -0.2) is 33.1 Å². The summed E-state index contributed by atoms with van der Waals surface area (Å²) in [6.07, 6.45) is 0. The Kier molecular flexibility index (Phi) is 6.38. The molecule has 0 spiro atoms. The van der Waals surface area contributed by atoms with Gasteiger partial charge in [-0.15, -0.1) is 10.2 Å². The molecule has 2 aromatic carbocycles. The van der Waals surface area contributed by atoms with Crippen molar-refractivity contribution in [1.82, 2.24) is 20.2 Å². The number of carbonyl (C=O) groups is 1. The van der Waals surface area contributed by atoms with E-state index in [4.69, 9.17) is 10.6 Å². The molecule has 0 aliphatic carbocycles. The monoisotopic (exact) mass is 415 g/mol. The van der Waals surface area contributed by atoms with Gasteiger partial charge in [0, 0.05) is 5.56 Å². The number of hydrogen-bond acceptors (Lipinski definition) is 6. The van der Waals surface area contributed by atoms with E-state index in [0.717, 1.165) is 16.9 Å². The fourth-order valence-electron chi connectivity index (χ4n) is 2.67. The minimum absolute atomic E-state index is 0.180. The van der Waals surface area contributed by atoms with Crippen molar-refractivity contribution in [2.24, 2.45) is 0 Å². The highest BCUT2D eigenvalue weighted by atomic mass is 32.2. The molecule has 1 heterocycles. The summed E-state index contributed by atoms with van der Waals surface area (Å²) < 4.78 is 19.6. The van der Waals surface area contributed by atoms with Crippen molar-refractivity contribution in [3.8, 4) is 17.1 Å². The van der Waals surface area contributed by atoms with E-state index in [2.05, 4.69) is 15.5 Å². The Morgan fingerprint density at radius 3 is 2.41 bits per heavy atom. The van der Waals surface area contributed by atoms with Crippen molar-refractivity contribution in [2.45, 2.75) is 30.3 Å². The van der Waals surface area contributed by atoms with Gasteiger partial charge in [0.25, 0.3) is 0 Å². The minimum atomic E-state index is -0.451. The minimum Gasteiger partial charge on any atom is -0.497 e. The first kappa shape index (κ1) is 20.7. The molecule has 0 aliphatic rings. The number of nitrogens with two attached hydrogens (primary N) is 1. The number of nitrogens with one attached hydrogen (secondary N) is 1. The lowest BCUT2D eigenvalue weighted by Crippen LogP contribution is -2.33. The van der Waals surface area contributed by atoms with Crippen molar-refractivity contribution in [2.75, 3.05) is 13.0 Å². The van der Waals surface area contributed by atoms with Crippen LogP contribution >= 0.6 is 11.8 Å². The standard InChI is InChI=1S/C20H22FN5O2S/c1-12(14-4-8-16(21)9-5-14)23-19(27)13(2)29-20-25-24-18(26(20)22)15-6-10-17(28-3)11-7-15/h4-13H,22H2,1-3H3,(H,23,27). The molecule has 0 radical (unpaired) electrons. The highest BCUT2D eigenvalue weighted by molar-refractivity contribution is 8.00. The highest BCUT2D eigenvalue weighted by Crippen LogP contribution is 2.26. The normalized spacial score (nSPS) is 13.0. The lowest BCUT2D eigenvalue weighted by Gasteiger charge is -2.17. The third-order valence-electron chi connectivity index (χ3n) is 4.39. The molecule has 9 heteroatoms. The van der Waals surface area contributed by atoms with E-state index >= 15 is 0 Å². The van der Waals surface area contributed by atoms with Crippen LogP contribution in [0.1, 0.15) is 25.5 Å². The first-order valence-corrected chi connectivity index (χ1v) is 9.84. The number of rotatable bonds is 7. The number of halogens is 1. The van der Waals surface area contributed by atoms with Crippen molar-refractivity contribution < 1.29 is 13.9 Å². The van der Waals surface area contributed by atoms with Gasteiger partial charge in [0.15, 0.2) is 5.82 Å². The Labute approximate surface area is 172 Å². The maximum Gasteiger partial charge on any atom is 0.233 e. The van der Waals surface area contributed by atoms with Gasteiger partial charge in [0.1, 0.15) is 11.6 Å². The summed E-state index contributed by atoms with van der Waals surface area (Å²) in [6.45, 7) is 3.61. The van der Waals surface area contributed by atoms with E-state index in [1.807, 2.05) is 31.2 Å². The Hall–Kier alpha value is -3.07. The summed E-state index contributed by atoms with van der Waals surface area (Å²) >= 11 is 1.21. The number of benzene rings is 2. The summed E-state index contributed by atoms with van der Waals surface area (Å²) in [4.78, 5) is 12.5. The average Bonchev–Trinajstić information content (AvgIpc) is 3.08. The lowest BCUT2D eigenvalue weighted by molar-refractivity contribution is -0.120. The van der Waals surface area contributed by atoms with Crippen LogP contribution in [0.25, 0.3) is 11.4 Å². The molecule has 2 atom stereocenters. The van der Waals surface area contributed by atoms with E-state index in [-0.39, 0.29) is 17.8 Å². The van der Waals surface area contributed by atoms with E-state index in [1.165, 1.54) is 28.6 Å². The fraction of sp³-hybridized carbons (Fsp3) is 0.250. The van der Waals surface area contributed by atoms with Crippen LogP contribution in [0.5, 0.6) is 5.75 Å². The number of hydrogen-bond donors (Lipinski definition) is 2. The van der Waals surface area contributed by atoms with E-state index in [0.29, 0.717) is 11.0 Å². The number of methoxy groups -OCH3 is 1. The van der Waals surface area contributed by atoms with Crippen LogP contribution in [0.3, 0.4) is 0 Å². The molecule has 1 amide bonds. The van der Waals surface area contributed by atoms with Crippen LogP contribution < -0.4 is 15.9 Å². The van der Waals surface area contributed by atoms with Crippen molar-refractivity contribution in [3.05, 3.63) is 59.9 Å². The summed E-state index contributed by atoms with van der Waals surface area (Å²) in [6, 6.07) is 13.1. The number of amides is 1. The quantitative estimate of drug-likeness (QED) is 0.455. The number of thioether (sulfide) groups is 1. The van der Waals surface area contributed by atoms with Crippen LogP contribution in [-0.2, 0) is 4.79 Å². The molecule has 3 rings (SSSR count). The Morgan fingerprint density at radius 2 is 1.79 bits per heavy atom. The van der Waals surface area contributed by atoms with Gasteiger partial charge < -0.3 is 15.9 Å². The molecule has 29 heavy (non-hydrogen) atoms. The summed E-state index contributed by atoms with van der Waals surface area (Å²) in [5, 5.41) is 11.1. The maximum atomic E-state index is 13.1. The molecule has 1 aromatic heterocycles. The second kappa shape index (κ2) is 8.95. The molecule has 152 valence electrons. The number of aromatic nitrogens is 3. The van der Waals surface area contributed by atoms with Crippen molar-refractivity contribution in [1.29, 1.82) is 0 Å². The third-order valence-corrected chi connectivity index (χ3v) is 5.45. The molecule has 3 aromatic rings. The largest absolute Gasteiger partial charge is 0.497 e. The predicted octanol–water partition coefficient (Wildman–Crippen LogP) is 3.16. The van der Waals surface area contributed by atoms with Crippen molar-refractivity contribution in [3.63, 3.8) is 0 Å². The Bertz CT molecular complexity index is 976.